The molecule has 2 atom stereocenters. The van der Waals surface area contributed by atoms with Crippen molar-refractivity contribution in [1.82, 2.24) is 20.4 Å². The van der Waals surface area contributed by atoms with Gasteiger partial charge in [0.15, 0.2) is 0 Å². The summed E-state index contributed by atoms with van der Waals surface area (Å²) in [6.07, 6.45) is 0.536. The lowest BCUT2D eigenvalue weighted by atomic mass is 9.91. The average Bonchev–Trinajstić information content (AvgIpc) is 3.18. The molecule has 2 heterocycles. The van der Waals surface area contributed by atoms with Crippen molar-refractivity contribution in [1.29, 1.82) is 0 Å². The predicted molar refractivity (Wildman–Crippen MR) is 140 cm³/mol. The van der Waals surface area contributed by atoms with Crippen LogP contribution in [0.25, 0.3) is 0 Å². The molecule has 0 unspecified atom stereocenters. The monoisotopic (exact) mass is 488 g/mol. The molecule has 2 aliphatic heterocycles. The van der Waals surface area contributed by atoms with Crippen LogP contribution in [-0.2, 0) is 16.1 Å². The van der Waals surface area contributed by atoms with Gasteiger partial charge in [0.2, 0.25) is 5.91 Å². The van der Waals surface area contributed by atoms with Gasteiger partial charge in [-0.25, -0.2) is 4.79 Å². The molecular formula is C29H36N4O3. The maximum Gasteiger partial charge on any atom is 0.322 e. The molecule has 0 saturated heterocycles. The highest BCUT2D eigenvalue weighted by Crippen LogP contribution is 2.38. The van der Waals surface area contributed by atoms with Gasteiger partial charge < -0.3 is 15.5 Å². The number of amides is 4. The number of aryl methyl sites for hydroxylation is 2. The Balaban J connectivity index is 1.66. The normalized spacial score (nSPS) is 18.4. The molecule has 2 aromatic carbocycles. The Labute approximate surface area is 213 Å². The summed E-state index contributed by atoms with van der Waals surface area (Å²) in [5.74, 6) is -0.153. The molecule has 0 spiro atoms. The summed E-state index contributed by atoms with van der Waals surface area (Å²) in [5.41, 5.74) is 5.30. The molecule has 2 N–H and O–H groups in total. The molecule has 2 aromatic rings. The highest BCUT2D eigenvalue weighted by Gasteiger charge is 2.47. The number of nitrogens with zero attached hydrogens (tertiary/aromatic N) is 2. The zero-order valence-electron chi connectivity index (χ0n) is 21.8. The van der Waals surface area contributed by atoms with Gasteiger partial charge in [0.05, 0.1) is 23.9 Å². The van der Waals surface area contributed by atoms with Gasteiger partial charge in [-0.05, 0) is 49.8 Å². The van der Waals surface area contributed by atoms with Crippen molar-refractivity contribution in [3.8, 4) is 0 Å². The minimum atomic E-state index is -0.625. The van der Waals surface area contributed by atoms with E-state index < -0.39 is 12.1 Å². The molecule has 36 heavy (non-hydrogen) atoms. The van der Waals surface area contributed by atoms with Crippen molar-refractivity contribution < 1.29 is 14.4 Å². The van der Waals surface area contributed by atoms with E-state index in [0.717, 1.165) is 22.3 Å². The lowest BCUT2D eigenvalue weighted by molar-refractivity contribution is -0.137. The van der Waals surface area contributed by atoms with Crippen LogP contribution in [0.1, 0.15) is 55.5 Å². The quantitative estimate of drug-likeness (QED) is 0.584. The summed E-state index contributed by atoms with van der Waals surface area (Å²) in [6.45, 7) is 11.1. The summed E-state index contributed by atoms with van der Waals surface area (Å²) in [7, 11) is 0. The second kappa shape index (κ2) is 10.6. The van der Waals surface area contributed by atoms with Crippen LogP contribution in [0.5, 0.6) is 0 Å². The van der Waals surface area contributed by atoms with Crippen molar-refractivity contribution in [3.05, 3.63) is 82.1 Å². The first-order chi connectivity index (χ1) is 17.2. The zero-order valence-corrected chi connectivity index (χ0v) is 21.8. The lowest BCUT2D eigenvalue weighted by Crippen LogP contribution is -2.49. The first-order valence-corrected chi connectivity index (χ1v) is 12.7. The molecular weight excluding hydrogens is 452 g/mol. The maximum atomic E-state index is 14.0. The first-order valence-electron chi connectivity index (χ1n) is 12.7. The van der Waals surface area contributed by atoms with E-state index in [4.69, 9.17) is 0 Å². The molecule has 4 amide bonds. The molecule has 0 aliphatic carbocycles. The van der Waals surface area contributed by atoms with Crippen LogP contribution in [0.4, 0.5) is 4.79 Å². The Bertz CT molecular complexity index is 1190. The van der Waals surface area contributed by atoms with E-state index in [2.05, 4.69) is 16.7 Å². The number of likely N-dealkylation sites (N-methyl/N-ethyl adjacent to an activating group) is 1. The van der Waals surface area contributed by atoms with Crippen LogP contribution in [-0.4, -0.2) is 46.8 Å². The SMILES string of the molecule is CCN1C(=O)N[C@@H](c2ccc(C)cc2C)C2=C1CN([C@@H](CC(C)C)C(=O)NCc1ccccc1)C2=O. The maximum absolute atomic E-state index is 14.0. The number of hydrogen-bond acceptors (Lipinski definition) is 3. The van der Waals surface area contributed by atoms with Crippen LogP contribution in [0.3, 0.4) is 0 Å². The summed E-state index contributed by atoms with van der Waals surface area (Å²) in [6, 6.07) is 14.4. The van der Waals surface area contributed by atoms with E-state index in [1.807, 2.05) is 77.1 Å². The van der Waals surface area contributed by atoms with Gasteiger partial charge in [0.1, 0.15) is 6.04 Å². The predicted octanol–water partition coefficient (Wildman–Crippen LogP) is 4.22. The summed E-state index contributed by atoms with van der Waals surface area (Å²) >= 11 is 0. The van der Waals surface area contributed by atoms with Gasteiger partial charge in [-0.15, -0.1) is 0 Å². The topological polar surface area (TPSA) is 81.8 Å². The second-order valence-electron chi connectivity index (χ2n) is 10.1. The van der Waals surface area contributed by atoms with Gasteiger partial charge in [-0.2, -0.15) is 0 Å². The van der Waals surface area contributed by atoms with Crippen molar-refractivity contribution in [3.63, 3.8) is 0 Å². The Morgan fingerprint density at radius 1 is 1.11 bits per heavy atom. The first kappa shape index (κ1) is 25.5. The van der Waals surface area contributed by atoms with Crippen LogP contribution in [0.15, 0.2) is 59.8 Å². The second-order valence-corrected chi connectivity index (χ2v) is 10.1. The third kappa shape index (κ3) is 5.01. The zero-order chi connectivity index (χ0) is 26.0. The van der Waals surface area contributed by atoms with Gasteiger partial charge in [0.25, 0.3) is 5.91 Å². The van der Waals surface area contributed by atoms with Crippen molar-refractivity contribution in [2.75, 3.05) is 13.1 Å². The Morgan fingerprint density at radius 2 is 1.83 bits per heavy atom. The number of carbonyl (C=O) groups excluding carboxylic acids is 3. The number of carbonyl (C=O) groups is 3. The number of nitrogens with one attached hydrogen (secondary N) is 2. The van der Waals surface area contributed by atoms with E-state index in [1.54, 1.807) is 9.80 Å². The van der Waals surface area contributed by atoms with Crippen LogP contribution in [0, 0.1) is 19.8 Å². The van der Waals surface area contributed by atoms with E-state index in [9.17, 15) is 14.4 Å². The molecule has 0 fully saturated rings. The molecule has 0 radical (unpaired) electrons. The van der Waals surface area contributed by atoms with Gasteiger partial charge >= 0.3 is 6.03 Å². The molecule has 0 aromatic heterocycles. The minimum absolute atomic E-state index is 0.175. The summed E-state index contributed by atoms with van der Waals surface area (Å²) in [4.78, 5) is 43.8. The third-order valence-corrected chi connectivity index (χ3v) is 6.99. The van der Waals surface area contributed by atoms with Crippen molar-refractivity contribution in [2.45, 2.75) is 59.7 Å². The Morgan fingerprint density at radius 3 is 2.47 bits per heavy atom. The van der Waals surface area contributed by atoms with E-state index in [-0.39, 0.29) is 30.3 Å². The van der Waals surface area contributed by atoms with Crippen molar-refractivity contribution >= 4 is 17.8 Å². The molecule has 7 heteroatoms. The highest BCUT2D eigenvalue weighted by molar-refractivity contribution is 6.03. The van der Waals surface area contributed by atoms with E-state index in [1.165, 1.54) is 0 Å². The largest absolute Gasteiger partial charge is 0.350 e. The number of rotatable bonds is 8. The third-order valence-electron chi connectivity index (χ3n) is 6.99. The van der Waals surface area contributed by atoms with Crippen LogP contribution < -0.4 is 10.6 Å². The van der Waals surface area contributed by atoms with Gasteiger partial charge in [0, 0.05) is 13.1 Å². The van der Waals surface area contributed by atoms with Gasteiger partial charge in [-0.1, -0.05) is 67.9 Å². The average molecular weight is 489 g/mol. The number of urea groups is 1. The summed E-state index contributed by atoms with van der Waals surface area (Å²) < 4.78 is 0. The molecule has 2 aliphatic rings. The molecule has 190 valence electrons. The fraction of sp³-hybridized carbons (Fsp3) is 0.414. The molecule has 7 nitrogen and oxygen atoms in total. The molecule has 0 saturated carbocycles. The Kier molecular flexibility index (Phi) is 7.48. The molecule has 0 bridgehead atoms. The standard InChI is InChI=1S/C29H36N4O3/c1-6-32-24-17-33(23(14-18(2)3)27(34)30-16-21-10-8-7-9-11-21)28(35)25(24)26(31-29(32)36)22-13-12-19(4)15-20(22)5/h7-13,15,18,23,26H,6,14,16-17H2,1-5H3,(H,30,34)(H,31,36)/t23-,26-/m0/s1. The number of hydrogen-bond donors (Lipinski definition) is 2. The van der Waals surface area contributed by atoms with Crippen molar-refractivity contribution in [2.24, 2.45) is 5.92 Å². The summed E-state index contributed by atoms with van der Waals surface area (Å²) in [5, 5.41) is 6.08. The van der Waals surface area contributed by atoms with E-state index in [0.29, 0.717) is 30.8 Å². The number of benzene rings is 2. The fourth-order valence-electron chi connectivity index (χ4n) is 5.21. The van der Waals surface area contributed by atoms with E-state index >= 15 is 0 Å². The van der Waals surface area contributed by atoms with Crippen LogP contribution in [0.2, 0.25) is 0 Å². The smallest absolute Gasteiger partial charge is 0.322 e. The fourth-order valence-corrected chi connectivity index (χ4v) is 5.21. The highest BCUT2D eigenvalue weighted by atomic mass is 16.2. The minimum Gasteiger partial charge on any atom is -0.350 e. The van der Waals surface area contributed by atoms with Crippen LogP contribution >= 0.6 is 0 Å². The van der Waals surface area contributed by atoms with Gasteiger partial charge in [-0.3, -0.25) is 14.5 Å². The Hall–Kier alpha value is -3.61. The lowest BCUT2D eigenvalue weighted by Gasteiger charge is -2.33. The molecule has 4 rings (SSSR count).